The maximum Gasteiger partial charge on any atom is 0.407 e. The number of carbonyl (C=O) groups is 2. The molecule has 3 fully saturated rings. The third kappa shape index (κ3) is 3.32. The van der Waals surface area contributed by atoms with Gasteiger partial charge in [-0.25, -0.2) is 9.78 Å². The number of nitrogens with zero attached hydrogens (tertiary/aromatic N) is 2. The van der Waals surface area contributed by atoms with E-state index in [1.54, 1.807) is 12.3 Å². The van der Waals surface area contributed by atoms with Crippen molar-refractivity contribution in [1.82, 2.24) is 10.3 Å². The quantitative estimate of drug-likeness (QED) is 0.822. The van der Waals surface area contributed by atoms with E-state index >= 15 is 0 Å². The van der Waals surface area contributed by atoms with Gasteiger partial charge in [-0.1, -0.05) is 6.42 Å². The second-order valence-corrected chi connectivity index (χ2v) is 8.05. The van der Waals surface area contributed by atoms with Gasteiger partial charge in [-0.15, -0.1) is 0 Å². The highest BCUT2D eigenvalue weighted by atomic mass is 16.6. The van der Waals surface area contributed by atoms with Gasteiger partial charge >= 0.3 is 6.09 Å². The Balaban J connectivity index is 1.51. The molecule has 1 aliphatic carbocycles. The zero-order valence-electron chi connectivity index (χ0n) is 16.1. The van der Waals surface area contributed by atoms with Gasteiger partial charge in [0, 0.05) is 18.1 Å². The van der Waals surface area contributed by atoms with Crippen LogP contribution in [0.2, 0.25) is 0 Å². The highest BCUT2D eigenvalue weighted by Crippen LogP contribution is 2.35. The summed E-state index contributed by atoms with van der Waals surface area (Å²) in [6.45, 7) is 1.20. The Hall–Kier alpha value is -3.03. The number of alkyl carbamates (subject to hydrolysis) is 1. The molecule has 2 atom stereocenters. The zero-order chi connectivity index (χ0) is 20.0. The van der Waals surface area contributed by atoms with Crippen LogP contribution >= 0.6 is 0 Å². The molecule has 5 rings (SSSR count). The molecular weight excluding hydrogens is 372 g/mol. The number of benzene rings is 1. The summed E-state index contributed by atoms with van der Waals surface area (Å²) in [5, 5.41) is 4.61. The number of nitrogens with one attached hydrogen (secondary N) is 1. The first-order valence-corrected chi connectivity index (χ1v) is 10.2. The summed E-state index contributed by atoms with van der Waals surface area (Å²) in [7, 11) is 0. The normalized spacial score (nSPS) is 24.3. The summed E-state index contributed by atoms with van der Waals surface area (Å²) >= 11 is 0. The Morgan fingerprint density at radius 2 is 2.07 bits per heavy atom. The molecule has 2 amide bonds. The van der Waals surface area contributed by atoms with Gasteiger partial charge in [0.25, 0.3) is 5.91 Å². The first-order chi connectivity index (χ1) is 14.1. The second kappa shape index (κ2) is 7.09. The topological polar surface area (TPSA) is 107 Å². The minimum Gasteiger partial charge on any atom is -0.490 e. The minimum absolute atomic E-state index is 0.0394. The average Bonchev–Trinajstić information content (AvgIpc) is 3.25. The van der Waals surface area contributed by atoms with E-state index in [2.05, 4.69) is 15.2 Å². The van der Waals surface area contributed by atoms with Gasteiger partial charge in [-0.3, -0.25) is 4.79 Å². The maximum atomic E-state index is 12.1. The molecule has 0 spiro atoms. The maximum absolute atomic E-state index is 12.1. The number of hydrogen-bond acceptors (Lipinski definition) is 6. The first kappa shape index (κ1) is 18.0. The zero-order valence-corrected chi connectivity index (χ0v) is 16.1. The van der Waals surface area contributed by atoms with Crippen LogP contribution < -0.4 is 20.7 Å². The summed E-state index contributed by atoms with van der Waals surface area (Å²) in [5.41, 5.74) is 6.04. The van der Waals surface area contributed by atoms with E-state index in [9.17, 15) is 9.59 Å². The lowest BCUT2D eigenvalue weighted by Gasteiger charge is -2.25. The number of ether oxygens (including phenoxy) is 2. The number of anilines is 1. The minimum atomic E-state index is -0.497. The molecule has 29 heavy (non-hydrogen) atoms. The van der Waals surface area contributed by atoms with Gasteiger partial charge in [0.2, 0.25) is 0 Å². The molecule has 3 N–H and O–H groups in total. The van der Waals surface area contributed by atoms with Crippen molar-refractivity contribution in [3.8, 4) is 5.75 Å². The average molecular weight is 396 g/mol. The number of primary amides is 1. The molecule has 2 unspecified atom stereocenters. The van der Waals surface area contributed by atoms with Crippen LogP contribution in [-0.4, -0.2) is 48.3 Å². The Kier molecular flexibility index (Phi) is 4.41. The molecule has 3 heterocycles. The van der Waals surface area contributed by atoms with E-state index in [1.807, 2.05) is 12.1 Å². The summed E-state index contributed by atoms with van der Waals surface area (Å²) in [4.78, 5) is 30.2. The number of carbonyl (C=O) groups excluding carboxylic acids is 2. The summed E-state index contributed by atoms with van der Waals surface area (Å²) in [6.07, 6.45) is 6.77. The SMILES string of the molecule is NC(=O)c1cc2ccnc(N3CC4NC(=O)OC4C3)c2cc1OC1CCCCC1. The molecule has 2 saturated heterocycles. The molecule has 3 aliphatic rings. The van der Waals surface area contributed by atoms with Crippen LogP contribution in [0.1, 0.15) is 42.5 Å². The number of pyridine rings is 1. The lowest BCUT2D eigenvalue weighted by atomic mass is 9.97. The smallest absolute Gasteiger partial charge is 0.407 e. The molecule has 2 aromatic rings. The molecule has 0 radical (unpaired) electrons. The monoisotopic (exact) mass is 396 g/mol. The van der Waals surface area contributed by atoms with Crippen molar-refractivity contribution in [3.63, 3.8) is 0 Å². The van der Waals surface area contributed by atoms with Crippen molar-refractivity contribution < 1.29 is 19.1 Å². The van der Waals surface area contributed by atoms with Crippen LogP contribution in [0, 0.1) is 0 Å². The van der Waals surface area contributed by atoms with Gasteiger partial charge in [-0.2, -0.15) is 0 Å². The number of aromatic nitrogens is 1. The van der Waals surface area contributed by atoms with Crippen LogP contribution in [0.25, 0.3) is 10.8 Å². The highest BCUT2D eigenvalue weighted by molar-refractivity contribution is 6.03. The van der Waals surface area contributed by atoms with Crippen molar-refractivity contribution in [2.45, 2.75) is 50.4 Å². The van der Waals surface area contributed by atoms with E-state index in [-0.39, 0.29) is 24.3 Å². The molecule has 1 aromatic heterocycles. The standard InChI is InChI=1S/C21H24N4O4/c22-19(26)15-8-12-6-7-23-20(25-10-16-18(11-25)29-21(27)24-16)14(12)9-17(15)28-13-4-2-1-3-5-13/h6-9,13,16,18H,1-5,10-11H2,(H2,22,26)(H,24,27). The lowest BCUT2D eigenvalue weighted by molar-refractivity contribution is 0.0988. The van der Waals surface area contributed by atoms with Crippen LogP contribution in [0.5, 0.6) is 5.75 Å². The first-order valence-electron chi connectivity index (χ1n) is 10.2. The number of fused-ring (bicyclic) bond motifs is 2. The van der Waals surface area contributed by atoms with Crippen LogP contribution in [0.3, 0.4) is 0 Å². The second-order valence-electron chi connectivity index (χ2n) is 8.05. The van der Waals surface area contributed by atoms with Gasteiger partial charge in [0.05, 0.1) is 24.3 Å². The Labute approximate surface area is 168 Å². The molecule has 0 bridgehead atoms. The van der Waals surface area contributed by atoms with Gasteiger partial charge in [0.1, 0.15) is 17.7 Å². The van der Waals surface area contributed by atoms with E-state index in [1.165, 1.54) is 6.42 Å². The molecule has 2 aliphatic heterocycles. The van der Waals surface area contributed by atoms with Crippen molar-refractivity contribution in [1.29, 1.82) is 0 Å². The van der Waals surface area contributed by atoms with Crippen molar-refractivity contribution in [2.24, 2.45) is 5.73 Å². The Morgan fingerprint density at radius 1 is 1.24 bits per heavy atom. The summed E-state index contributed by atoms with van der Waals surface area (Å²) in [5.74, 6) is 0.817. The molecule has 8 heteroatoms. The lowest BCUT2D eigenvalue weighted by Crippen LogP contribution is -2.32. The Morgan fingerprint density at radius 3 is 2.83 bits per heavy atom. The molecule has 152 valence electrons. The van der Waals surface area contributed by atoms with Crippen molar-refractivity contribution >= 4 is 28.6 Å². The highest BCUT2D eigenvalue weighted by Gasteiger charge is 2.42. The van der Waals surface area contributed by atoms with E-state index in [0.717, 1.165) is 42.3 Å². The molecule has 1 saturated carbocycles. The number of hydrogen-bond donors (Lipinski definition) is 2. The van der Waals surface area contributed by atoms with Crippen LogP contribution in [0.15, 0.2) is 24.4 Å². The van der Waals surface area contributed by atoms with Crippen molar-refractivity contribution in [2.75, 3.05) is 18.0 Å². The predicted molar refractivity (Wildman–Crippen MR) is 107 cm³/mol. The number of nitrogens with two attached hydrogens (primary N) is 1. The fourth-order valence-corrected chi connectivity index (χ4v) is 4.62. The number of amides is 2. The number of rotatable bonds is 4. The Bertz CT molecular complexity index is 957. The third-order valence-electron chi connectivity index (χ3n) is 6.08. The fourth-order valence-electron chi connectivity index (χ4n) is 4.62. The molecule has 8 nitrogen and oxygen atoms in total. The predicted octanol–water partition coefficient (Wildman–Crippen LogP) is 2.34. The van der Waals surface area contributed by atoms with Crippen LogP contribution in [-0.2, 0) is 4.74 Å². The molecule has 1 aromatic carbocycles. The summed E-state index contributed by atoms with van der Waals surface area (Å²) < 4.78 is 11.6. The van der Waals surface area contributed by atoms with E-state index in [4.69, 9.17) is 15.2 Å². The largest absolute Gasteiger partial charge is 0.490 e. The van der Waals surface area contributed by atoms with Crippen molar-refractivity contribution in [3.05, 3.63) is 30.0 Å². The summed E-state index contributed by atoms with van der Waals surface area (Å²) in [6, 6.07) is 5.50. The van der Waals surface area contributed by atoms with Gasteiger partial charge in [-0.05, 0) is 49.3 Å². The fraction of sp³-hybridized carbons (Fsp3) is 0.476. The van der Waals surface area contributed by atoms with E-state index in [0.29, 0.717) is 24.4 Å². The van der Waals surface area contributed by atoms with Crippen LogP contribution in [0.4, 0.5) is 10.6 Å². The third-order valence-corrected chi connectivity index (χ3v) is 6.08. The van der Waals surface area contributed by atoms with Gasteiger partial charge < -0.3 is 25.4 Å². The van der Waals surface area contributed by atoms with E-state index < -0.39 is 5.91 Å². The molecular formula is C21H24N4O4. The van der Waals surface area contributed by atoms with Gasteiger partial charge in [0.15, 0.2) is 0 Å².